The van der Waals surface area contributed by atoms with Gasteiger partial charge in [0.2, 0.25) is 5.89 Å². The first-order valence-electron chi connectivity index (χ1n) is 6.48. The molecule has 0 saturated heterocycles. The molecule has 0 saturated carbocycles. The number of rotatable bonds is 3. The molecule has 3 rings (SSSR count). The van der Waals surface area contributed by atoms with Crippen molar-refractivity contribution >= 4 is 5.69 Å². The van der Waals surface area contributed by atoms with Crippen molar-refractivity contribution in [2.75, 3.05) is 18.6 Å². The highest BCUT2D eigenvalue weighted by Gasteiger charge is 2.22. The molecule has 2 heterocycles. The maximum absolute atomic E-state index is 5.48. The molecule has 0 spiro atoms. The van der Waals surface area contributed by atoms with Crippen LogP contribution in [0.15, 0.2) is 22.7 Å². The smallest absolute Gasteiger partial charge is 0.246 e. The van der Waals surface area contributed by atoms with E-state index in [0.717, 1.165) is 30.8 Å². The number of hydrogen-bond donors (Lipinski definition) is 0. The van der Waals surface area contributed by atoms with Gasteiger partial charge in [-0.1, -0.05) is 17.3 Å². The van der Waals surface area contributed by atoms with Crippen molar-refractivity contribution in [2.24, 2.45) is 0 Å². The fraction of sp³-hybridized carbons (Fsp3) is 0.429. The number of hydrogen-bond acceptors (Lipinski definition) is 5. The highest BCUT2D eigenvalue weighted by molar-refractivity contribution is 5.65. The number of anilines is 1. The standard InChI is InChI=1S/C14H17N3O2/c1-10-15-13(19-16-10)9-17-8-4-6-11-5-3-7-12(18-2)14(11)17/h3,5,7H,4,6,8-9H2,1-2H3. The number of methoxy groups -OCH3 is 1. The Balaban J connectivity index is 1.93. The van der Waals surface area contributed by atoms with E-state index < -0.39 is 0 Å². The predicted octanol–water partition coefficient (Wildman–Crippen LogP) is 2.34. The van der Waals surface area contributed by atoms with Gasteiger partial charge in [-0.15, -0.1) is 0 Å². The van der Waals surface area contributed by atoms with Crippen LogP contribution in [-0.4, -0.2) is 23.8 Å². The van der Waals surface area contributed by atoms with E-state index in [-0.39, 0.29) is 0 Å². The molecule has 0 N–H and O–H groups in total. The second kappa shape index (κ2) is 4.91. The molecule has 19 heavy (non-hydrogen) atoms. The van der Waals surface area contributed by atoms with Gasteiger partial charge in [-0.3, -0.25) is 0 Å². The van der Waals surface area contributed by atoms with Crippen LogP contribution in [0.4, 0.5) is 5.69 Å². The van der Waals surface area contributed by atoms with Gasteiger partial charge in [-0.2, -0.15) is 4.98 Å². The van der Waals surface area contributed by atoms with Crippen LogP contribution >= 0.6 is 0 Å². The molecular formula is C14H17N3O2. The van der Waals surface area contributed by atoms with E-state index in [1.165, 1.54) is 5.56 Å². The zero-order chi connectivity index (χ0) is 13.2. The third kappa shape index (κ3) is 2.28. The van der Waals surface area contributed by atoms with Crippen LogP contribution in [0, 0.1) is 6.92 Å². The average Bonchev–Trinajstić information content (AvgIpc) is 2.84. The molecule has 0 bridgehead atoms. The van der Waals surface area contributed by atoms with Crippen molar-refractivity contribution in [2.45, 2.75) is 26.3 Å². The summed E-state index contributed by atoms with van der Waals surface area (Å²) >= 11 is 0. The summed E-state index contributed by atoms with van der Waals surface area (Å²) in [5.74, 6) is 2.23. The largest absolute Gasteiger partial charge is 0.495 e. The first-order valence-corrected chi connectivity index (χ1v) is 6.48. The maximum Gasteiger partial charge on any atom is 0.246 e. The van der Waals surface area contributed by atoms with Crippen LogP contribution in [0.5, 0.6) is 5.75 Å². The molecule has 1 aliphatic rings. The molecular weight excluding hydrogens is 242 g/mol. The summed E-state index contributed by atoms with van der Waals surface area (Å²) in [6.45, 7) is 3.45. The number of fused-ring (bicyclic) bond motifs is 1. The monoisotopic (exact) mass is 259 g/mol. The number of para-hydroxylation sites is 1. The molecule has 0 fully saturated rings. The summed E-state index contributed by atoms with van der Waals surface area (Å²) in [7, 11) is 1.71. The Kier molecular flexibility index (Phi) is 3.11. The van der Waals surface area contributed by atoms with Gasteiger partial charge in [0.05, 0.1) is 19.3 Å². The van der Waals surface area contributed by atoms with Gasteiger partial charge in [-0.25, -0.2) is 0 Å². The second-order valence-electron chi connectivity index (χ2n) is 4.73. The lowest BCUT2D eigenvalue weighted by atomic mass is 10.0. The van der Waals surface area contributed by atoms with Crippen LogP contribution in [0.2, 0.25) is 0 Å². The Labute approximate surface area is 112 Å². The number of nitrogens with zero attached hydrogens (tertiary/aromatic N) is 3. The topological polar surface area (TPSA) is 51.4 Å². The van der Waals surface area contributed by atoms with E-state index in [0.29, 0.717) is 18.3 Å². The number of ether oxygens (including phenoxy) is 1. The third-order valence-electron chi connectivity index (χ3n) is 3.39. The zero-order valence-electron chi connectivity index (χ0n) is 11.2. The molecule has 0 unspecified atom stereocenters. The predicted molar refractivity (Wildman–Crippen MR) is 71.4 cm³/mol. The summed E-state index contributed by atoms with van der Waals surface area (Å²) in [6.07, 6.45) is 2.22. The molecule has 1 aliphatic heterocycles. The quantitative estimate of drug-likeness (QED) is 0.846. The zero-order valence-corrected chi connectivity index (χ0v) is 11.2. The Bertz CT molecular complexity index is 566. The van der Waals surface area contributed by atoms with Gasteiger partial charge >= 0.3 is 0 Å². The van der Waals surface area contributed by atoms with E-state index in [4.69, 9.17) is 9.26 Å². The molecule has 0 atom stereocenters. The first-order chi connectivity index (χ1) is 9.28. The van der Waals surface area contributed by atoms with E-state index in [1.54, 1.807) is 7.11 Å². The van der Waals surface area contributed by atoms with E-state index in [9.17, 15) is 0 Å². The van der Waals surface area contributed by atoms with E-state index >= 15 is 0 Å². The fourth-order valence-corrected chi connectivity index (χ4v) is 2.59. The van der Waals surface area contributed by atoms with Gasteiger partial charge < -0.3 is 14.2 Å². The molecule has 5 heteroatoms. The second-order valence-corrected chi connectivity index (χ2v) is 4.73. The summed E-state index contributed by atoms with van der Waals surface area (Å²) in [5, 5.41) is 3.84. The minimum Gasteiger partial charge on any atom is -0.495 e. The van der Waals surface area contributed by atoms with Gasteiger partial charge in [0.1, 0.15) is 5.75 Å². The molecule has 0 aliphatic carbocycles. The van der Waals surface area contributed by atoms with Crippen LogP contribution in [0.1, 0.15) is 23.7 Å². The van der Waals surface area contributed by atoms with E-state index in [2.05, 4.69) is 21.1 Å². The average molecular weight is 259 g/mol. The molecule has 0 radical (unpaired) electrons. The van der Waals surface area contributed by atoms with Gasteiger partial charge in [-0.05, 0) is 31.4 Å². The van der Waals surface area contributed by atoms with Crippen molar-refractivity contribution in [1.29, 1.82) is 0 Å². The number of aryl methyl sites for hydroxylation is 2. The Morgan fingerprint density at radius 1 is 1.42 bits per heavy atom. The van der Waals surface area contributed by atoms with Crippen molar-refractivity contribution in [1.82, 2.24) is 10.1 Å². The van der Waals surface area contributed by atoms with E-state index in [1.807, 2.05) is 19.1 Å². The molecule has 100 valence electrons. The van der Waals surface area contributed by atoms with Crippen molar-refractivity contribution in [3.05, 3.63) is 35.5 Å². The summed E-state index contributed by atoms with van der Waals surface area (Å²) in [6, 6.07) is 6.19. The lowest BCUT2D eigenvalue weighted by molar-refractivity contribution is 0.369. The van der Waals surface area contributed by atoms with Gasteiger partial charge in [0.15, 0.2) is 5.82 Å². The maximum atomic E-state index is 5.48. The minimum atomic E-state index is 0.633. The lowest BCUT2D eigenvalue weighted by Crippen LogP contribution is -2.29. The SMILES string of the molecule is COc1cccc2c1N(Cc1nc(C)no1)CCC2. The Morgan fingerprint density at radius 3 is 3.05 bits per heavy atom. The Hall–Kier alpha value is -2.04. The van der Waals surface area contributed by atoms with Crippen molar-refractivity contribution in [3.63, 3.8) is 0 Å². The normalized spacial score (nSPS) is 14.3. The number of benzene rings is 1. The van der Waals surface area contributed by atoms with Crippen LogP contribution in [0.25, 0.3) is 0 Å². The minimum absolute atomic E-state index is 0.633. The summed E-state index contributed by atoms with van der Waals surface area (Å²) in [4.78, 5) is 6.53. The van der Waals surface area contributed by atoms with Crippen molar-refractivity contribution < 1.29 is 9.26 Å². The van der Waals surface area contributed by atoms with Crippen molar-refractivity contribution in [3.8, 4) is 5.75 Å². The highest BCUT2D eigenvalue weighted by atomic mass is 16.5. The highest BCUT2D eigenvalue weighted by Crippen LogP contribution is 2.36. The molecule has 2 aromatic rings. The lowest BCUT2D eigenvalue weighted by Gasteiger charge is -2.31. The summed E-state index contributed by atoms with van der Waals surface area (Å²) < 4.78 is 10.7. The Morgan fingerprint density at radius 2 is 2.32 bits per heavy atom. The van der Waals surface area contributed by atoms with Crippen LogP contribution in [-0.2, 0) is 13.0 Å². The third-order valence-corrected chi connectivity index (χ3v) is 3.39. The fourth-order valence-electron chi connectivity index (χ4n) is 2.59. The van der Waals surface area contributed by atoms with Crippen LogP contribution < -0.4 is 9.64 Å². The molecule has 5 nitrogen and oxygen atoms in total. The number of aromatic nitrogens is 2. The van der Waals surface area contributed by atoms with Gasteiger partial charge in [0.25, 0.3) is 0 Å². The molecule has 0 amide bonds. The molecule has 1 aromatic carbocycles. The van der Waals surface area contributed by atoms with Gasteiger partial charge in [0, 0.05) is 6.54 Å². The first kappa shape index (κ1) is 12.0. The van der Waals surface area contributed by atoms with Crippen LogP contribution in [0.3, 0.4) is 0 Å². The molecule has 1 aromatic heterocycles. The summed E-state index contributed by atoms with van der Waals surface area (Å²) in [5.41, 5.74) is 2.48.